The van der Waals surface area contributed by atoms with E-state index in [4.69, 9.17) is 4.74 Å². The molecule has 21 heavy (non-hydrogen) atoms. The fourth-order valence-corrected chi connectivity index (χ4v) is 2.49. The van der Waals surface area contributed by atoms with Gasteiger partial charge in [-0.3, -0.25) is 5.32 Å². The van der Waals surface area contributed by atoms with E-state index < -0.39 is 5.54 Å². The second-order valence-corrected chi connectivity index (χ2v) is 5.98. The van der Waals surface area contributed by atoms with E-state index in [1.807, 2.05) is 13.8 Å². The molecule has 0 fully saturated rings. The standard InChI is InChI=1S/C18H28N2O/c1-6-20-18(5,13-19)9-7-8-10-21-17-12-14(2)11-15(3)16(17)4/h11-12,20H,6-10H2,1-5H3. The van der Waals surface area contributed by atoms with Gasteiger partial charge >= 0.3 is 0 Å². The van der Waals surface area contributed by atoms with Gasteiger partial charge in [-0.15, -0.1) is 0 Å². The van der Waals surface area contributed by atoms with Crippen LogP contribution >= 0.6 is 0 Å². The van der Waals surface area contributed by atoms with Crippen LogP contribution in [-0.2, 0) is 0 Å². The van der Waals surface area contributed by atoms with Gasteiger partial charge < -0.3 is 4.74 Å². The summed E-state index contributed by atoms with van der Waals surface area (Å²) in [7, 11) is 0. The molecule has 0 spiro atoms. The summed E-state index contributed by atoms with van der Waals surface area (Å²) in [5.74, 6) is 0.988. The van der Waals surface area contributed by atoms with Crippen LogP contribution in [0, 0.1) is 32.1 Å². The molecule has 3 nitrogen and oxygen atoms in total. The first-order chi connectivity index (χ1) is 9.91. The van der Waals surface area contributed by atoms with E-state index in [1.165, 1.54) is 16.7 Å². The van der Waals surface area contributed by atoms with E-state index >= 15 is 0 Å². The Bertz CT molecular complexity index is 505. The zero-order valence-electron chi connectivity index (χ0n) is 14.0. The van der Waals surface area contributed by atoms with Gasteiger partial charge in [0, 0.05) is 0 Å². The largest absolute Gasteiger partial charge is 0.493 e. The summed E-state index contributed by atoms with van der Waals surface area (Å²) in [6.45, 7) is 11.8. The molecule has 0 radical (unpaired) electrons. The number of aryl methyl sites for hydroxylation is 2. The zero-order chi connectivity index (χ0) is 15.9. The van der Waals surface area contributed by atoms with Crippen LogP contribution in [0.15, 0.2) is 12.1 Å². The van der Waals surface area contributed by atoms with E-state index in [0.29, 0.717) is 6.61 Å². The van der Waals surface area contributed by atoms with Crippen LogP contribution in [0.25, 0.3) is 0 Å². The molecule has 116 valence electrons. The van der Waals surface area contributed by atoms with Crippen LogP contribution in [0.3, 0.4) is 0 Å². The lowest BCUT2D eigenvalue weighted by atomic mass is 9.97. The van der Waals surface area contributed by atoms with Crippen LogP contribution in [0.2, 0.25) is 0 Å². The first-order valence-electron chi connectivity index (χ1n) is 7.79. The second kappa shape index (κ2) is 8.05. The van der Waals surface area contributed by atoms with Crippen LogP contribution in [0.1, 0.15) is 49.8 Å². The summed E-state index contributed by atoms with van der Waals surface area (Å²) in [6, 6.07) is 6.64. The lowest BCUT2D eigenvalue weighted by Crippen LogP contribution is -2.40. The highest BCUT2D eigenvalue weighted by molar-refractivity contribution is 5.41. The van der Waals surface area contributed by atoms with Crippen molar-refractivity contribution in [1.29, 1.82) is 5.26 Å². The molecule has 1 rings (SSSR count). The van der Waals surface area contributed by atoms with Crippen LogP contribution in [0.4, 0.5) is 0 Å². The van der Waals surface area contributed by atoms with Gasteiger partial charge in [-0.25, -0.2) is 0 Å². The Morgan fingerprint density at radius 2 is 1.95 bits per heavy atom. The van der Waals surface area contributed by atoms with Crippen LogP contribution in [-0.4, -0.2) is 18.7 Å². The summed E-state index contributed by atoms with van der Waals surface area (Å²) in [5, 5.41) is 12.4. The molecule has 1 atom stereocenters. The number of unbranched alkanes of at least 4 members (excludes halogenated alkanes) is 1. The number of nitrogens with zero attached hydrogens (tertiary/aromatic N) is 1. The molecule has 1 N–H and O–H groups in total. The minimum Gasteiger partial charge on any atom is -0.493 e. The topological polar surface area (TPSA) is 45.0 Å². The first kappa shape index (κ1) is 17.5. The van der Waals surface area contributed by atoms with Gasteiger partial charge in [0.1, 0.15) is 11.3 Å². The number of benzene rings is 1. The third-order valence-corrected chi connectivity index (χ3v) is 3.91. The van der Waals surface area contributed by atoms with Gasteiger partial charge in [-0.2, -0.15) is 5.26 Å². The number of hydrogen-bond acceptors (Lipinski definition) is 3. The number of nitriles is 1. The number of nitrogens with one attached hydrogen (secondary N) is 1. The predicted molar refractivity (Wildman–Crippen MR) is 87.7 cm³/mol. The molecule has 1 aromatic rings. The Hall–Kier alpha value is -1.53. The van der Waals surface area contributed by atoms with Gasteiger partial charge in [-0.1, -0.05) is 13.0 Å². The van der Waals surface area contributed by atoms with E-state index in [1.54, 1.807) is 0 Å². The lowest BCUT2D eigenvalue weighted by molar-refractivity contribution is 0.294. The molecule has 1 aromatic carbocycles. The molecular formula is C18H28N2O. The van der Waals surface area contributed by atoms with Crippen molar-refractivity contribution in [3.05, 3.63) is 28.8 Å². The quantitative estimate of drug-likeness (QED) is 0.734. The molecule has 0 heterocycles. The fourth-order valence-electron chi connectivity index (χ4n) is 2.49. The summed E-state index contributed by atoms with van der Waals surface area (Å²) in [4.78, 5) is 0. The summed E-state index contributed by atoms with van der Waals surface area (Å²) in [6.07, 6.45) is 2.81. The molecule has 0 amide bonds. The van der Waals surface area contributed by atoms with E-state index in [0.717, 1.165) is 31.6 Å². The highest BCUT2D eigenvalue weighted by atomic mass is 16.5. The van der Waals surface area contributed by atoms with E-state index in [2.05, 4.69) is 44.3 Å². The molecule has 0 bridgehead atoms. The molecule has 0 aliphatic heterocycles. The average Bonchev–Trinajstić information content (AvgIpc) is 2.43. The van der Waals surface area contributed by atoms with Crippen molar-refractivity contribution in [1.82, 2.24) is 5.32 Å². The molecule has 0 saturated carbocycles. The SMILES string of the molecule is CCNC(C)(C#N)CCCCOc1cc(C)cc(C)c1C. The second-order valence-electron chi connectivity index (χ2n) is 5.98. The summed E-state index contributed by atoms with van der Waals surface area (Å²) >= 11 is 0. The van der Waals surface area contributed by atoms with Gasteiger partial charge in [-0.05, 0) is 76.3 Å². The molecule has 0 aliphatic rings. The van der Waals surface area contributed by atoms with Gasteiger partial charge in [0.2, 0.25) is 0 Å². The Morgan fingerprint density at radius 3 is 2.57 bits per heavy atom. The first-order valence-corrected chi connectivity index (χ1v) is 7.79. The number of ether oxygens (including phenoxy) is 1. The Balaban J connectivity index is 2.40. The minimum absolute atomic E-state index is 0.412. The Kier molecular flexibility index (Phi) is 6.71. The summed E-state index contributed by atoms with van der Waals surface area (Å²) in [5.41, 5.74) is 3.31. The van der Waals surface area contributed by atoms with Crippen molar-refractivity contribution in [2.75, 3.05) is 13.2 Å². The van der Waals surface area contributed by atoms with Crippen molar-refractivity contribution < 1.29 is 4.74 Å². The molecule has 3 heteroatoms. The highest BCUT2D eigenvalue weighted by Crippen LogP contribution is 2.23. The van der Waals surface area contributed by atoms with Crippen molar-refractivity contribution in [3.8, 4) is 11.8 Å². The smallest absolute Gasteiger partial charge is 0.122 e. The molecule has 0 aliphatic carbocycles. The molecule has 0 saturated heterocycles. The Morgan fingerprint density at radius 1 is 1.24 bits per heavy atom. The Labute approximate surface area is 129 Å². The average molecular weight is 288 g/mol. The van der Waals surface area contributed by atoms with Crippen molar-refractivity contribution in [3.63, 3.8) is 0 Å². The minimum atomic E-state index is -0.412. The third kappa shape index (κ3) is 5.40. The van der Waals surface area contributed by atoms with E-state index in [-0.39, 0.29) is 0 Å². The third-order valence-electron chi connectivity index (χ3n) is 3.91. The van der Waals surface area contributed by atoms with Gasteiger partial charge in [0.05, 0.1) is 12.7 Å². The normalized spacial score (nSPS) is 13.5. The maximum absolute atomic E-state index is 9.20. The van der Waals surface area contributed by atoms with Crippen LogP contribution in [0.5, 0.6) is 5.75 Å². The zero-order valence-corrected chi connectivity index (χ0v) is 14.0. The molecule has 0 aromatic heterocycles. The van der Waals surface area contributed by atoms with Gasteiger partial charge in [0.15, 0.2) is 0 Å². The maximum atomic E-state index is 9.20. The summed E-state index contributed by atoms with van der Waals surface area (Å²) < 4.78 is 5.90. The fraction of sp³-hybridized carbons (Fsp3) is 0.611. The van der Waals surface area contributed by atoms with Crippen LogP contribution < -0.4 is 10.1 Å². The highest BCUT2D eigenvalue weighted by Gasteiger charge is 2.21. The maximum Gasteiger partial charge on any atom is 0.122 e. The van der Waals surface area contributed by atoms with Gasteiger partial charge in [0.25, 0.3) is 0 Å². The number of rotatable bonds is 8. The van der Waals surface area contributed by atoms with Crippen molar-refractivity contribution in [2.24, 2.45) is 0 Å². The van der Waals surface area contributed by atoms with Crippen molar-refractivity contribution >= 4 is 0 Å². The molecular weight excluding hydrogens is 260 g/mol. The monoisotopic (exact) mass is 288 g/mol. The number of hydrogen-bond donors (Lipinski definition) is 1. The van der Waals surface area contributed by atoms with Crippen molar-refractivity contribution in [2.45, 2.75) is 59.4 Å². The lowest BCUT2D eigenvalue weighted by Gasteiger charge is -2.22. The predicted octanol–water partition coefficient (Wildman–Crippen LogP) is 4.05. The molecule has 1 unspecified atom stereocenters. The van der Waals surface area contributed by atoms with E-state index in [9.17, 15) is 5.26 Å².